The minimum absolute atomic E-state index is 0.140. The van der Waals surface area contributed by atoms with E-state index in [1.54, 1.807) is 12.3 Å². The molecule has 2 amide bonds. The first-order valence-electron chi connectivity index (χ1n) is 7.86. The average molecular weight is 301 g/mol. The molecule has 116 valence electrons. The normalized spacial score (nSPS) is 30.7. The van der Waals surface area contributed by atoms with E-state index in [1.807, 2.05) is 6.07 Å². The summed E-state index contributed by atoms with van der Waals surface area (Å²) in [5.41, 5.74) is 0.566. The van der Waals surface area contributed by atoms with Crippen LogP contribution in [-0.4, -0.2) is 41.6 Å². The zero-order valence-corrected chi connectivity index (χ0v) is 12.3. The first-order chi connectivity index (χ1) is 10.7. The highest BCUT2D eigenvalue weighted by atomic mass is 16.3. The summed E-state index contributed by atoms with van der Waals surface area (Å²) in [5.74, 6) is 2.26. The predicted molar refractivity (Wildman–Crippen MR) is 80.3 cm³/mol. The molecule has 6 nitrogen and oxygen atoms in total. The smallest absolute Gasteiger partial charge is 0.233 e. The SMILES string of the molecule is O=C1CCCC(=O)N1c1ccc(N2CC3C(CO)C3C2)nc1. The molecule has 0 spiro atoms. The molecule has 0 radical (unpaired) electrons. The predicted octanol–water partition coefficient (Wildman–Crippen LogP) is 0.800. The molecule has 1 aromatic heterocycles. The van der Waals surface area contributed by atoms with Gasteiger partial charge < -0.3 is 10.0 Å². The third-order valence-electron chi connectivity index (χ3n) is 5.18. The summed E-state index contributed by atoms with van der Waals surface area (Å²) >= 11 is 0. The Morgan fingerprint density at radius 1 is 1.14 bits per heavy atom. The third-order valence-corrected chi connectivity index (χ3v) is 5.18. The summed E-state index contributed by atoms with van der Waals surface area (Å²) in [5, 5.41) is 9.20. The number of carbonyl (C=O) groups is 2. The van der Waals surface area contributed by atoms with E-state index in [1.165, 1.54) is 4.90 Å². The second-order valence-electron chi connectivity index (χ2n) is 6.43. The minimum atomic E-state index is -0.140. The fraction of sp³-hybridized carbons (Fsp3) is 0.562. The number of fused-ring (bicyclic) bond motifs is 1. The number of pyridine rings is 1. The standard InChI is InChI=1S/C16H19N3O3/c20-9-13-11-7-18(8-12(11)13)14-5-4-10(6-17-14)19-15(21)2-1-3-16(19)22/h4-6,11-13,20H,1-3,7-9H2. The molecule has 0 bridgehead atoms. The van der Waals surface area contributed by atoms with Crippen LogP contribution >= 0.6 is 0 Å². The van der Waals surface area contributed by atoms with Gasteiger partial charge in [-0.05, 0) is 36.3 Å². The molecule has 1 N–H and O–H groups in total. The molecule has 1 aliphatic carbocycles. The fourth-order valence-corrected chi connectivity index (χ4v) is 3.85. The molecule has 1 saturated carbocycles. The molecule has 2 atom stereocenters. The molecule has 2 unspecified atom stereocenters. The lowest BCUT2D eigenvalue weighted by Crippen LogP contribution is -2.40. The molecule has 2 aliphatic heterocycles. The van der Waals surface area contributed by atoms with Crippen LogP contribution in [0.25, 0.3) is 0 Å². The van der Waals surface area contributed by atoms with Gasteiger partial charge in [-0.25, -0.2) is 9.88 Å². The third kappa shape index (κ3) is 2.09. The van der Waals surface area contributed by atoms with Gasteiger partial charge in [-0.3, -0.25) is 9.59 Å². The molecular formula is C16H19N3O3. The van der Waals surface area contributed by atoms with Crippen molar-refractivity contribution in [3.63, 3.8) is 0 Å². The first-order valence-corrected chi connectivity index (χ1v) is 7.86. The van der Waals surface area contributed by atoms with Gasteiger partial charge in [0.25, 0.3) is 0 Å². The number of imide groups is 1. The van der Waals surface area contributed by atoms with Gasteiger partial charge in [0.1, 0.15) is 5.82 Å². The van der Waals surface area contributed by atoms with Crippen molar-refractivity contribution in [1.29, 1.82) is 0 Å². The van der Waals surface area contributed by atoms with Crippen molar-refractivity contribution in [3.8, 4) is 0 Å². The van der Waals surface area contributed by atoms with Crippen LogP contribution in [0.2, 0.25) is 0 Å². The number of hydrogen-bond acceptors (Lipinski definition) is 5. The Hall–Kier alpha value is -1.95. The van der Waals surface area contributed by atoms with Crippen LogP contribution in [-0.2, 0) is 9.59 Å². The maximum atomic E-state index is 11.9. The number of rotatable bonds is 3. The quantitative estimate of drug-likeness (QED) is 0.836. The minimum Gasteiger partial charge on any atom is -0.396 e. The lowest BCUT2D eigenvalue weighted by atomic mass is 10.1. The Morgan fingerprint density at radius 3 is 2.36 bits per heavy atom. The molecule has 4 rings (SSSR count). The fourth-order valence-electron chi connectivity index (χ4n) is 3.85. The zero-order valence-electron chi connectivity index (χ0n) is 12.3. The Kier molecular flexibility index (Phi) is 3.14. The summed E-state index contributed by atoms with van der Waals surface area (Å²) in [7, 11) is 0. The second-order valence-corrected chi connectivity index (χ2v) is 6.43. The second kappa shape index (κ2) is 5.05. The Labute approximate surface area is 128 Å². The molecule has 2 saturated heterocycles. The molecule has 3 heterocycles. The number of aromatic nitrogens is 1. The number of carbonyl (C=O) groups excluding carboxylic acids is 2. The molecule has 1 aromatic rings. The Morgan fingerprint density at radius 2 is 1.82 bits per heavy atom. The van der Waals surface area contributed by atoms with Crippen LogP contribution in [0.3, 0.4) is 0 Å². The lowest BCUT2D eigenvalue weighted by Gasteiger charge is -2.25. The number of hydrogen-bond donors (Lipinski definition) is 1. The van der Waals surface area contributed by atoms with Gasteiger partial charge in [-0.15, -0.1) is 0 Å². The van der Waals surface area contributed by atoms with E-state index < -0.39 is 0 Å². The summed E-state index contributed by atoms with van der Waals surface area (Å²) in [6.07, 6.45) is 3.10. The van der Waals surface area contributed by atoms with E-state index >= 15 is 0 Å². The number of aliphatic hydroxyl groups is 1. The van der Waals surface area contributed by atoms with Gasteiger partial charge >= 0.3 is 0 Å². The summed E-state index contributed by atoms with van der Waals surface area (Å²) in [6.45, 7) is 2.16. The monoisotopic (exact) mass is 301 g/mol. The highest BCUT2D eigenvalue weighted by Crippen LogP contribution is 2.51. The maximum Gasteiger partial charge on any atom is 0.233 e. The van der Waals surface area contributed by atoms with Crippen LogP contribution < -0.4 is 9.80 Å². The molecule has 3 fully saturated rings. The molecule has 6 heteroatoms. The summed E-state index contributed by atoms with van der Waals surface area (Å²) in [6, 6.07) is 3.68. The van der Waals surface area contributed by atoms with Crippen molar-refractivity contribution in [2.24, 2.45) is 17.8 Å². The first kappa shape index (κ1) is 13.7. The van der Waals surface area contributed by atoms with Crippen LogP contribution in [0.15, 0.2) is 18.3 Å². The number of piperidine rings is 2. The van der Waals surface area contributed by atoms with E-state index in [0.717, 1.165) is 18.9 Å². The van der Waals surface area contributed by atoms with Gasteiger partial charge in [-0.2, -0.15) is 0 Å². The van der Waals surface area contributed by atoms with Gasteiger partial charge in [0, 0.05) is 32.5 Å². The molecule has 3 aliphatic rings. The Balaban J connectivity index is 1.47. The molecular weight excluding hydrogens is 282 g/mol. The summed E-state index contributed by atoms with van der Waals surface area (Å²) in [4.78, 5) is 31.7. The zero-order chi connectivity index (χ0) is 15.3. The largest absolute Gasteiger partial charge is 0.396 e. The molecule has 22 heavy (non-hydrogen) atoms. The van der Waals surface area contributed by atoms with E-state index in [4.69, 9.17) is 0 Å². The van der Waals surface area contributed by atoms with Gasteiger partial charge in [0.05, 0.1) is 11.9 Å². The lowest BCUT2D eigenvalue weighted by molar-refractivity contribution is -0.129. The van der Waals surface area contributed by atoms with E-state index in [2.05, 4.69) is 9.88 Å². The topological polar surface area (TPSA) is 73.7 Å². The van der Waals surface area contributed by atoms with E-state index in [-0.39, 0.29) is 18.4 Å². The van der Waals surface area contributed by atoms with Crippen molar-refractivity contribution in [2.45, 2.75) is 19.3 Å². The van der Waals surface area contributed by atoms with Gasteiger partial charge in [0.15, 0.2) is 0 Å². The van der Waals surface area contributed by atoms with E-state index in [9.17, 15) is 14.7 Å². The van der Waals surface area contributed by atoms with Crippen LogP contribution in [0, 0.1) is 17.8 Å². The number of amides is 2. The average Bonchev–Trinajstić information content (AvgIpc) is 2.99. The highest BCUT2D eigenvalue weighted by Gasteiger charge is 2.55. The van der Waals surface area contributed by atoms with Crippen molar-refractivity contribution in [1.82, 2.24) is 4.98 Å². The molecule has 0 aromatic carbocycles. The van der Waals surface area contributed by atoms with Crippen LogP contribution in [0.5, 0.6) is 0 Å². The Bertz CT molecular complexity index is 588. The summed E-state index contributed by atoms with van der Waals surface area (Å²) < 4.78 is 0. The number of nitrogens with zero attached hydrogens (tertiary/aromatic N) is 3. The number of anilines is 2. The van der Waals surface area contributed by atoms with Crippen LogP contribution in [0.1, 0.15) is 19.3 Å². The maximum absolute atomic E-state index is 11.9. The van der Waals surface area contributed by atoms with E-state index in [0.29, 0.717) is 42.7 Å². The van der Waals surface area contributed by atoms with Gasteiger partial charge in [-0.1, -0.05) is 0 Å². The van der Waals surface area contributed by atoms with Gasteiger partial charge in [0.2, 0.25) is 11.8 Å². The number of aliphatic hydroxyl groups excluding tert-OH is 1. The van der Waals surface area contributed by atoms with Crippen molar-refractivity contribution in [2.75, 3.05) is 29.5 Å². The van der Waals surface area contributed by atoms with Crippen LogP contribution in [0.4, 0.5) is 11.5 Å². The van der Waals surface area contributed by atoms with Crippen molar-refractivity contribution < 1.29 is 14.7 Å². The van der Waals surface area contributed by atoms with Crippen molar-refractivity contribution >= 4 is 23.3 Å². The van der Waals surface area contributed by atoms with Crippen molar-refractivity contribution in [3.05, 3.63) is 18.3 Å². The highest BCUT2D eigenvalue weighted by molar-refractivity contribution is 6.16.